The lowest BCUT2D eigenvalue weighted by molar-refractivity contribution is 0.102. The molecule has 0 heterocycles. The van der Waals surface area contributed by atoms with Crippen LogP contribution in [0.5, 0.6) is 11.5 Å². The normalized spacial score (nSPS) is 10.2. The van der Waals surface area contributed by atoms with Crippen molar-refractivity contribution in [2.75, 3.05) is 19.0 Å². The standard InChI is InChI=1S/C16H15Cl2NO3/c1-3-22-15-13(18)7-10(8-14(15)21-2)16(20)19-12-6-4-5-11(17)9-12/h4-9H,3H2,1-2H3,(H,19,20). The van der Waals surface area contributed by atoms with E-state index in [9.17, 15) is 4.79 Å². The molecule has 0 radical (unpaired) electrons. The Hall–Kier alpha value is -1.91. The lowest BCUT2D eigenvalue weighted by Crippen LogP contribution is -2.12. The summed E-state index contributed by atoms with van der Waals surface area (Å²) in [5.74, 6) is 0.516. The van der Waals surface area contributed by atoms with Gasteiger partial charge in [0.15, 0.2) is 11.5 Å². The van der Waals surface area contributed by atoms with Gasteiger partial charge < -0.3 is 14.8 Å². The Labute approximate surface area is 138 Å². The summed E-state index contributed by atoms with van der Waals surface area (Å²) in [6.07, 6.45) is 0. The molecule has 0 aliphatic carbocycles. The summed E-state index contributed by atoms with van der Waals surface area (Å²) in [6, 6.07) is 10.0. The average molecular weight is 340 g/mol. The van der Waals surface area contributed by atoms with E-state index in [-0.39, 0.29) is 5.91 Å². The third-order valence-electron chi connectivity index (χ3n) is 2.86. The predicted octanol–water partition coefficient (Wildman–Crippen LogP) is 4.65. The van der Waals surface area contributed by atoms with Crippen LogP contribution in [0.3, 0.4) is 0 Å². The summed E-state index contributed by atoms with van der Waals surface area (Å²) >= 11 is 12.1. The zero-order chi connectivity index (χ0) is 16.1. The van der Waals surface area contributed by atoms with Gasteiger partial charge in [-0.05, 0) is 37.3 Å². The van der Waals surface area contributed by atoms with E-state index < -0.39 is 0 Å². The fourth-order valence-corrected chi connectivity index (χ4v) is 2.36. The van der Waals surface area contributed by atoms with E-state index in [2.05, 4.69) is 5.32 Å². The molecular weight excluding hydrogens is 325 g/mol. The smallest absolute Gasteiger partial charge is 0.255 e. The van der Waals surface area contributed by atoms with Crippen molar-refractivity contribution in [3.05, 3.63) is 52.0 Å². The van der Waals surface area contributed by atoms with Gasteiger partial charge in [0.1, 0.15) is 0 Å². The maximum atomic E-state index is 12.3. The molecule has 0 aliphatic rings. The molecule has 0 unspecified atom stereocenters. The van der Waals surface area contributed by atoms with Gasteiger partial charge >= 0.3 is 0 Å². The number of hydrogen-bond donors (Lipinski definition) is 1. The largest absolute Gasteiger partial charge is 0.493 e. The first-order valence-corrected chi connectivity index (χ1v) is 7.38. The van der Waals surface area contributed by atoms with Gasteiger partial charge in [-0.1, -0.05) is 29.3 Å². The molecule has 0 aliphatic heterocycles. The zero-order valence-corrected chi connectivity index (χ0v) is 13.7. The molecule has 6 heteroatoms. The molecule has 2 aromatic rings. The lowest BCUT2D eigenvalue weighted by atomic mass is 10.1. The number of amides is 1. The minimum Gasteiger partial charge on any atom is -0.493 e. The minimum atomic E-state index is -0.314. The molecule has 0 spiro atoms. The Kier molecular flexibility index (Phi) is 5.52. The highest BCUT2D eigenvalue weighted by Gasteiger charge is 2.15. The van der Waals surface area contributed by atoms with Crippen molar-refractivity contribution in [1.82, 2.24) is 0 Å². The topological polar surface area (TPSA) is 47.6 Å². The summed E-state index contributed by atoms with van der Waals surface area (Å²) in [7, 11) is 1.49. The molecule has 4 nitrogen and oxygen atoms in total. The maximum absolute atomic E-state index is 12.3. The summed E-state index contributed by atoms with van der Waals surface area (Å²) in [5, 5.41) is 3.61. The van der Waals surface area contributed by atoms with Gasteiger partial charge in [0, 0.05) is 16.3 Å². The molecule has 2 rings (SSSR count). The van der Waals surface area contributed by atoms with E-state index in [4.69, 9.17) is 32.7 Å². The first-order chi connectivity index (χ1) is 10.5. The molecular formula is C16H15Cl2NO3. The second-order valence-corrected chi connectivity index (χ2v) is 5.23. The van der Waals surface area contributed by atoms with Crippen LogP contribution in [0.15, 0.2) is 36.4 Å². The molecule has 0 aromatic heterocycles. The molecule has 0 bridgehead atoms. The number of nitrogens with one attached hydrogen (secondary N) is 1. The number of benzene rings is 2. The van der Waals surface area contributed by atoms with Gasteiger partial charge in [-0.15, -0.1) is 0 Å². The number of carbonyl (C=O) groups is 1. The van der Waals surface area contributed by atoms with Crippen LogP contribution < -0.4 is 14.8 Å². The molecule has 2 aromatic carbocycles. The van der Waals surface area contributed by atoms with Crippen LogP contribution in [0.25, 0.3) is 0 Å². The third-order valence-corrected chi connectivity index (χ3v) is 3.38. The van der Waals surface area contributed by atoms with E-state index in [1.54, 1.807) is 30.3 Å². The van der Waals surface area contributed by atoms with Gasteiger partial charge in [0.05, 0.1) is 18.7 Å². The quantitative estimate of drug-likeness (QED) is 0.862. The number of rotatable bonds is 5. The fourth-order valence-electron chi connectivity index (χ4n) is 1.90. The molecule has 0 fully saturated rings. The van der Waals surface area contributed by atoms with Crippen LogP contribution in [0.4, 0.5) is 5.69 Å². The number of hydrogen-bond acceptors (Lipinski definition) is 3. The second-order valence-electron chi connectivity index (χ2n) is 4.39. The van der Waals surface area contributed by atoms with Crippen molar-refractivity contribution in [3.63, 3.8) is 0 Å². The average Bonchev–Trinajstić information content (AvgIpc) is 2.49. The number of methoxy groups -OCH3 is 1. The van der Waals surface area contributed by atoms with Crippen molar-refractivity contribution >= 4 is 34.8 Å². The number of anilines is 1. The predicted molar refractivity (Wildman–Crippen MR) is 88.6 cm³/mol. The first-order valence-electron chi connectivity index (χ1n) is 6.62. The van der Waals surface area contributed by atoms with Crippen LogP contribution in [0.2, 0.25) is 10.0 Å². The highest BCUT2D eigenvalue weighted by Crippen LogP contribution is 2.36. The van der Waals surface area contributed by atoms with Gasteiger partial charge in [0.25, 0.3) is 5.91 Å². The van der Waals surface area contributed by atoms with Gasteiger partial charge in [-0.2, -0.15) is 0 Å². The van der Waals surface area contributed by atoms with E-state index in [1.165, 1.54) is 13.2 Å². The number of halogens is 2. The molecule has 0 saturated heterocycles. The lowest BCUT2D eigenvalue weighted by Gasteiger charge is -2.13. The molecule has 0 saturated carbocycles. The molecule has 1 N–H and O–H groups in total. The van der Waals surface area contributed by atoms with Crippen molar-refractivity contribution in [2.45, 2.75) is 6.92 Å². The Morgan fingerprint density at radius 2 is 2.00 bits per heavy atom. The number of carbonyl (C=O) groups excluding carboxylic acids is 1. The van der Waals surface area contributed by atoms with Gasteiger partial charge in [-0.3, -0.25) is 4.79 Å². The van der Waals surface area contributed by atoms with Crippen molar-refractivity contribution in [1.29, 1.82) is 0 Å². The van der Waals surface area contributed by atoms with Crippen LogP contribution in [0, 0.1) is 0 Å². The Bertz CT molecular complexity index is 689. The summed E-state index contributed by atoms with van der Waals surface area (Å²) in [6.45, 7) is 2.29. The monoisotopic (exact) mass is 339 g/mol. The van der Waals surface area contributed by atoms with Crippen LogP contribution in [0.1, 0.15) is 17.3 Å². The third kappa shape index (κ3) is 3.84. The van der Waals surface area contributed by atoms with Crippen molar-refractivity contribution in [2.24, 2.45) is 0 Å². The Balaban J connectivity index is 2.28. The molecule has 0 atom stereocenters. The Morgan fingerprint density at radius 3 is 2.64 bits per heavy atom. The van der Waals surface area contributed by atoms with Crippen LogP contribution in [-0.4, -0.2) is 19.6 Å². The zero-order valence-electron chi connectivity index (χ0n) is 12.2. The summed E-state index contributed by atoms with van der Waals surface area (Å²) in [4.78, 5) is 12.3. The molecule has 1 amide bonds. The fraction of sp³-hybridized carbons (Fsp3) is 0.188. The minimum absolute atomic E-state index is 0.314. The second kappa shape index (κ2) is 7.38. The summed E-state index contributed by atoms with van der Waals surface area (Å²) < 4.78 is 10.6. The van der Waals surface area contributed by atoms with Crippen molar-refractivity contribution in [3.8, 4) is 11.5 Å². The number of ether oxygens (including phenoxy) is 2. The van der Waals surface area contributed by atoms with E-state index in [1.807, 2.05) is 6.92 Å². The van der Waals surface area contributed by atoms with Crippen molar-refractivity contribution < 1.29 is 14.3 Å². The maximum Gasteiger partial charge on any atom is 0.255 e. The molecule has 116 valence electrons. The van der Waals surface area contributed by atoms with E-state index >= 15 is 0 Å². The summed E-state index contributed by atoms with van der Waals surface area (Å²) in [5.41, 5.74) is 0.965. The van der Waals surface area contributed by atoms with Gasteiger partial charge in [-0.25, -0.2) is 0 Å². The SMILES string of the molecule is CCOc1c(Cl)cc(C(=O)Nc2cccc(Cl)c2)cc1OC. The van der Waals surface area contributed by atoms with Crippen LogP contribution >= 0.6 is 23.2 Å². The Morgan fingerprint density at radius 1 is 1.23 bits per heavy atom. The van der Waals surface area contributed by atoms with E-state index in [0.717, 1.165) is 0 Å². The van der Waals surface area contributed by atoms with E-state index in [0.29, 0.717) is 39.4 Å². The molecule has 22 heavy (non-hydrogen) atoms. The highest BCUT2D eigenvalue weighted by molar-refractivity contribution is 6.33. The van der Waals surface area contributed by atoms with Gasteiger partial charge in [0.2, 0.25) is 0 Å². The van der Waals surface area contributed by atoms with Crippen LogP contribution in [-0.2, 0) is 0 Å². The highest BCUT2D eigenvalue weighted by atomic mass is 35.5. The first kappa shape index (κ1) is 16.5.